The first-order chi connectivity index (χ1) is 25.7. The number of rotatable bonds is 5. The fourth-order valence-corrected chi connectivity index (χ4v) is 8.51. The third kappa shape index (κ3) is 4.95. The van der Waals surface area contributed by atoms with Crippen molar-refractivity contribution >= 4 is 53.3 Å². The van der Waals surface area contributed by atoms with E-state index in [4.69, 9.17) is 15.0 Å². The molecule has 0 aliphatic carbocycles. The van der Waals surface area contributed by atoms with Gasteiger partial charge in [0.15, 0.2) is 17.5 Å². The lowest BCUT2D eigenvalue weighted by Gasteiger charge is -2.14. The van der Waals surface area contributed by atoms with E-state index in [1.54, 1.807) is 0 Å². The lowest BCUT2D eigenvalue weighted by Crippen LogP contribution is -2.01. The van der Waals surface area contributed by atoms with E-state index in [9.17, 15) is 5.26 Å². The molecule has 0 saturated heterocycles. The van der Waals surface area contributed by atoms with Crippen molar-refractivity contribution < 1.29 is 0 Å². The number of hydrogen-bond acceptors (Lipinski definition) is 5. The number of para-hydroxylation sites is 1. The zero-order chi connectivity index (χ0) is 34.6. The minimum atomic E-state index is 0.569. The van der Waals surface area contributed by atoms with Gasteiger partial charge < -0.3 is 4.57 Å². The van der Waals surface area contributed by atoms with E-state index in [-0.39, 0.29) is 0 Å². The summed E-state index contributed by atoms with van der Waals surface area (Å²) in [5.74, 6) is 1.78. The monoisotopic (exact) mass is 681 g/mol. The summed E-state index contributed by atoms with van der Waals surface area (Å²) in [4.78, 5) is 15.1. The minimum Gasteiger partial charge on any atom is -0.309 e. The maximum Gasteiger partial charge on any atom is 0.164 e. The van der Waals surface area contributed by atoms with Gasteiger partial charge in [0, 0.05) is 53.3 Å². The van der Waals surface area contributed by atoms with Crippen molar-refractivity contribution in [2.75, 3.05) is 0 Å². The van der Waals surface area contributed by atoms with Crippen LogP contribution in [0.15, 0.2) is 164 Å². The summed E-state index contributed by atoms with van der Waals surface area (Å²) in [5.41, 5.74) is 8.39. The van der Waals surface area contributed by atoms with Gasteiger partial charge in [0.1, 0.15) is 0 Å². The molecule has 0 N–H and O–H groups in total. The van der Waals surface area contributed by atoms with Crippen molar-refractivity contribution in [3.05, 3.63) is 169 Å². The van der Waals surface area contributed by atoms with Crippen molar-refractivity contribution in [1.82, 2.24) is 19.5 Å². The Kier molecular flexibility index (Phi) is 6.98. The molecular weight excluding hydrogens is 655 g/mol. The van der Waals surface area contributed by atoms with Gasteiger partial charge in [-0.1, -0.05) is 115 Å². The SMILES string of the molecule is N#Cc1cccc(-c2cc(-c3nc(-c4ccccc4)nc(-c4ccccc4)n3)cc(-n3c4ccccc4c4c5sc6ccccc6c5ccc43)c2)c1. The number of hydrogen-bond donors (Lipinski definition) is 0. The Bertz CT molecular complexity index is 2970. The molecule has 0 saturated carbocycles. The smallest absolute Gasteiger partial charge is 0.164 e. The molecule has 0 amide bonds. The first-order valence-electron chi connectivity index (χ1n) is 17.1. The first-order valence-corrected chi connectivity index (χ1v) is 17.9. The number of benzene rings is 7. The van der Waals surface area contributed by atoms with Crippen LogP contribution in [0.4, 0.5) is 0 Å². The Hall–Kier alpha value is -6.94. The van der Waals surface area contributed by atoms with Gasteiger partial charge in [-0.15, -0.1) is 11.3 Å². The lowest BCUT2D eigenvalue weighted by atomic mass is 9.99. The van der Waals surface area contributed by atoms with E-state index in [2.05, 4.69) is 95.6 Å². The van der Waals surface area contributed by atoms with Crippen molar-refractivity contribution in [3.8, 4) is 57.0 Å². The molecule has 242 valence electrons. The molecule has 0 bridgehead atoms. The molecule has 0 atom stereocenters. The molecule has 3 heterocycles. The van der Waals surface area contributed by atoms with Gasteiger partial charge in [-0.05, 0) is 59.7 Å². The largest absolute Gasteiger partial charge is 0.309 e. The van der Waals surface area contributed by atoms with Crippen LogP contribution in [0.25, 0.3) is 93.0 Å². The Morgan fingerprint density at radius 1 is 0.462 bits per heavy atom. The maximum atomic E-state index is 9.82. The van der Waals surface area contributed by atoms with Crippen LogP contribution in [0.1, 0.15) is 5.56 Å². The van der Waals surface area contributed by atoms with E-state index in [1.165, 1.54) is 30.9 Å². The second-order valence-corrected chi connectivity index (χ2v) is 13.8. The Balaban J connectivity index is 1.28. The molecular formula is C46H27N5S. The molecule has 10 rings (SSSR count). The first kappa shape index (κ1) is 29.9. The van der Waals surface area contributed by atoms with E-state index in [1.807, 2.05) is 90.2 Å². The van der Waals surface area contributed by atoms with E-state index in [0.29, 0.717) is 23.0 Å². The third-order valence-corrected chi connectivity index (χ3v) is 10.8. The highest BCUT2D eigenvalue weighted by atomic mass is 32.1. The van der Waals surface area contributed by atoms with Crippen LogP contribution in [0.2, 0.25) is 0 Å². The normalized spacial score (nSPS) is 11.4. The van der Waals surface area contributed by atoms with Gasteiger partial charge in [0.2, 0.25) is 0 Å². The number of nitrogens with zero attached hydrogens (tertiary/aromatic N) is 5. The lowest BCUT2D eigenvalue weighted by molar-refractivity contribution is 1.07. The molecule has 52 heavy (non-hydrogen) atoms. The average molecular weight is 682 g/mol. The minimum absolute atomic E-state index is 0.569. The van der Waals surface area contributed by atoms with Crippen LogP contribution >= 0.6 is 11.3 Å². The molecule has 6 heteroatoms. The fourth-order valence-electron chi connectivity index (χ4n) is 7.26. The molecule has 3 aromatic heterocycles. The van der Waals surface area contributed by atoms with Gasteiger partial charge >= 0.3 is 0 Å². The Morgan fingerprint density at radius 3 is 1.81 bits per heavy atom. The van der Waals surface area contributed by atoms with Crippen LogP contribution in [0, 0.1) is 11.3 Å². The third-order valence-electron chi connectivity index (χ3n) is 9.64. The molecule has 0 aliphatic heterocycles. The highest BCUT2D eigenvalue weighted by molar-refractivity contribution is 7.26. The van der Waals surface area contributed by atoms with Crippen LogP contribution < -0.4 is 0 Å². The van der Waals surface area contributed by atoms with Gasteiger partial charge in [-0.2, -0.15) is 5.26 Å². The van der Waals surface area contributed by atoms with Crippen molar-refractivity contribution in [3.63, 3.8) is 0 Å². The standard InChI is InChI=1S/C46H27N5S/c47-28-29-12-11-17-32(24-29)33-25-34(46-49-44(30-13-3-1-4-14-30)48-45(50-46)31-15-5-2-6-16-31)27-35(26-33)51-39-20-9-7-19-38(39)42-40(51)23-22-37-36-18-8-10-21-41(36)52-43(37)42/h1-27H. The second-order valence-electron chi connectivity index (χ2n) is 12.8. The quantitative estimate of drug-likeness (QED) is 0.181. The van der Waals surface area contributed by atoms with Gasteiger partial charge in [-0.25, -0.2) is 15.0 Å². The zero-order valence-electron chi connectivity index (χ0n) is 27.7. The Morgan fingerprint density at radius 2 is 1.08 bits per heavy atom. The molecule has 7 aromatic carbocycles. The summed E-state index contributed by atoms with van der Waals surface area (Å²) in [6.45, 7) is 0. The van der Waals surface area contributed by atoms with Gasteiger partial charge in [-0.3, -0.25) is 0 Å². The molecule has 10 aromatic rings. The second kappa shape index (κ2) is 12.1. The van der Waals surface area contributed by atoms with Crippen molar-refractivity contribution in [2.45, 2.75) is 0 Å². The van der Waals surface area contributed by atoms with E-state index >= 15 is 0 Å². The average Bonchev–Trinajstić information content (AvgIpc) is 3.77. The van der Waals surface area contributed by atoms with Crippen LogP contribution in [0.5, 0.6) is 0 Å². The van der Waals surface area contributed by atoms with Crippen LogP contribution in [0.3, 0.4) is 0 Å². The molecule has 0 fully saturated rings. The van der Waals surface area contributed by atoms with Crippen molar-refractivity contribution in [1.29, 1.82) is 5.26 Å². The molecule has 0 unspecified atom stereocenters. The summed E-state index contributed by atoms with van der Waals surface area (Å²) in [6, 6.07) is 58.5. The summed E-state index contributed by atoms with van der Waals surface area (Å²) >= 11 is 1.85. The number of aromatic nitrogens is 4. The van der Waals surface area contributed by atoms with Crippen molar-refractivity contribution in [2.24, 2.45) is 0 Å². The Labute approximate surface area is 303 Å². The predicted molar refractivity (Wildman–Crippen MR) is 214 cm³/mol. The van der Waals surface area contributed by atoms with Gasteiger partial charge in [0.25, 0.3) is 0 Å². The fraction of sp³-hybridized carbons (Fsp3) is 0. The van der Waals surface area contributed by atoms with E-state index in [0.717, 1.165) is 44.5 Å². The molecule has 5 nitrogen and oxygen atoms in total. The summed E-state index contributed by atoms with van der Waals surface area (Å²) in [7, 11) is 0. The molecule has 0 radical (unpaired) electrons. The van der Waals surface area contributed by atoms with E-state index < -0.39 is 0 Å². The maximum absolute atomic E-state index is 9.82. The summed E-state index contributed by atoms with van der Waals surface area (Å²) in [5, 5.41) is 14.8. The van der Waals surface area contributed by atoms with Crippen LogP contribution in [-0.4, -0.2) is 19.5 Å². The zero-order valence-corrected chi connectivity index (χ0v) is 28.5. The van der Waals surface area contributed by atoms with Gasteiger partial charge in [0.05, 0.1) is 22.7 Å². The topological polar surface area (TPSA) is 67.4 Å². The molecule has 0 spiro atoms. The summed E-state index contributed by atoms with van der Waals surface area (Å²) < 4.78 is 4.92. The number of fused-ring (bicyclic) bond motifs is 7. The van der Waals surface area contributed by atoms with Crippen LogP contribution in [-0.2, 0) is 0 Å². The summed E-state index contributed by atoms with van der Waals surface area (Å²) in [6.07, 6.45) is 0. The number of thiophene rings is 1. The highest BCUT2D eigenvalue weighted by Crippen LogP contribution is 2.44. The predicted octanol–water partition coefficient (Wildman–Crippen LogP) is 11.9. The number of nitriles is 1. The highest BCUT2D eigenvalue weighted by Gasteiger charge is 2.20. The molecule has 0 aliphatic rings.